The number of carboxylic acids is 1. The number of carbonyl (C=O) groups excluding carboxylic acids is 1. The Balaban J connectivity index is 1.78. The number of aryl methyl sites for hydroxylation is 1. The van der Waals surface area contributed by atoms with E-state index in [1.807, 2.05) is 6.92 Å². The second-order valence-electron chi connectivity index (χ2n) is 5.14. The molecule has 0 unspecified atom stereocenters. The molecule has 1 saturated heterocycles. The first-order valence-electron chi connectivity index (χ1n) is 6.76. The van der Waals surface area contributed by atoms with Crippen LogP contribution >= 0.6 is 0 Å². The smallest absolute Gasteiger partial charge is 0.306 e. The lowest BCUT2D eigenvalue weighted by atomic mass is 9.97. The standard InChI is InChI=1S/C13H15N5O3/c1-8-2-5-14-13-15-10(16-18(8)13)11(19)17-6-3-9(4-7-17)12(20)21/h2,5,9H,3-4,6-7H2,1H3,(H,20,21). The highest BCUT2D eigenvalue weighted by atomic mass is 16.4. The van der Waals surface area contributed by atoms with E-state index in [-0.39, 0.29) is 17.6 Å². The highest BCUT2D eigenvalue weighted by molar-refractivity contribution is 5.91. The zero-order chi connectivity index (χ0) is 15.0. The summed E-state index contributed by atoms with van der Waals surface area (Å²) < 4.78 is 1.53. The number of likely N-dealkylation sites (tertiary alicyclic amines) is 1. The van der Waals surface area contributed by atoms with Crippen molar-refractivity contribution < 1.29 is 14.7 Å². The van der Waals surface area contributed by atoms with Crippen LogP contribution in [-0.2, 0) is 4.79 Å². The topological polar surface area (TPSA) is 101 Å². The Morgan fingerprint density at radius 2 is 2.05 bits per heavy atom. The van der Waals surface area contributed by atoms with Gasteiger partial charge in [-0.2, -0.15) is 4.98 Å². The summed E-state index contributed by atoms with van der Waals surface area (Å²) in [6.45, 7) is 2.69. The van der Waals surface area contributed by atoms with Crippen molar-refractivity contribution >= 4 is 17.7 Å². The van der Waals surface area contributed by atoms with Gasteiger partial charge in [0.2, 0.25) is 5.82 Å². The van der Waals surface area contributed by atoms with Gasteiger partial charge in [-0.1, -0.05) is 0 Å². The molecule has 1 aliphatic rings. The predicted molar refractivity (Wildman–Crippen MR) is 71.8 cm³/mol. The minimum atomic E-state index is -0.798. The summed E-state index contributed by atoms with van der Waals surface area (Å²) in [5, 5.41) is 13.1. The highest BCUT2D eigenvalue weighted by Crippen LogP contribution is 2.18. The van der Waals surface area contributed by atoms with E-state index >= 15 is 0 Å². The lowest BCUT2D eigenvalue weighted by molar-refractivity contribution is -0.143. The molecule has 3 heterocycles. The molecule has 110 valence electrons. The molecular weight excluding hydrogens is 274 g/mol. The fourth-order valence-corrected chi connectivity index (χ4v) is 2.47. The molecule has 0 radical (unpaired) electrons. The SMILES string of the molecule is Cc1ccnc2nc(C(=O)N3CCC(C(=O)O)CC3)nn12. The van der Waals surface area contributed by atoms with Crippen molar-refractivity contribution in [1.82, 2.24) is 24.5 Å². The monoisotopic (exact) mass is 289 g/mol. The molecule has 21 heavy (non-hydrogen) atoms. The number of aliphatic carboxylic acids is 1. The Morgan fingerprint density at radius 3 is 2.67 bits per heavy atom. The third-order valence-corrected chi connectivity index (χ3v) is 3.75. The quantitative estimate of drug-likeness (QED) is 0.857. The molecular formula is C13H15N5O3. The molecule has 0 bridgehead atoms. The summed E-state index contributed by atoms with van der Waals surface area (Å²) in [7, 11) is 0. The summed E-state index contributed by atoms with van der Waals surface area (Å²) in [5.41, 5.74) is 0.844. The van der Waals surface area contributed by atoms with E-state index in [4.69, 9.17) is 5.11 Å². The van der Waals surface area contributed by atoms with Crippen LogP contribution in [-0.4, -0.2) is 54.6 Å². The van der Waals surface area contributed by atoms with Gasteiger partial charge in [-0.15, -0.1) is 5.10 Å². The van der Waals surface area contributed by atoms with Crippen LogP contribution in [0.5, 0.6) is 0 Å². The molecule has 0 aliphatic carbocycles. The first-order valence-corrected chi connectivity index (χ1v) is 6.76. The minimum Gasteiger partial charge on any atom is -0.481 e. The van der Waals surface area contributed by atoms with Crippen molar-refractivity contribution in [3.05, 3.63) is 23.8 Å². The molecule has 2 aromatic rings. The van der Waals surface area contributed by atoms with Gasteiger partial charge >= 0.3 is 5.97 Å². The average Bonchev–Trinajstić information content (AvgIpc) is 2.92. The first kappa shape index (κ1) is 13.5. The van der Waals surface area contributed by atoms with Gasteiger partial charge in [-0.25, -0.2) is 9.50 Å². The van der Waals surface area contributed by atoms with Crippen LogP contribution in [0.4, 0.5) is 0 Å². The summed E-state index contributed by atoms with van der Waals surface area (Å²) in [6, 6.07) is 1.79. The molecule has 8 heteroatoms. The van der Waals surface area contributed by atoms with Crippen molar-refractivity contribution in [1.29, 1.82) is 0 Å². The van der Waals surface area contributed by atoms with Crippen molar-refractivity contribution in [2.45, 2.75) is 19.8 Å². The van der Waals surface area contributed by atoms with Crippen molar-refractivity contribution in [3.63, 3.8) is 0 Å². The molecule has 0 spiro atoms. The number of nitrogens with zero attached hydrogens (tertiary/aromatic N) is 5. The minimum absolute atomic E-state index is 0.102. The Kier molecular flexibility index (Phi) is 3.28. The predicted octanol–water partition coefficient (Wildman–Crippen LogP) is 0.370. The maximum Gasteiger partial charge on any atom is 0.306 e. The Morgan fingerprint density at radius 1 is 1.33 bits per heavy atom. The maximum atomic E-state index is 12.4. The molecule has 1 N–H and O–H groups in total. The molecule has 2 aromatic heterocycles. The fraction of sp³-hybridized carbons (Fsp3) is 0.462. The van der Waals surface area contributed by atoms with E-state index in [1.165, 1.54) is 4.52 Å². The van der Waals surface area contributed by atoms with Crippen LogP contribution in [0, 0.1) is 12.8 Å². The molecule has 3 rings (SSSR count). The third-order valence-electron chi connectivity index (χ3n) is 3.75. The van der Waals surface area contributed by atoms with Crippen LogP contribution in [0.3, 0.4) is 0 Å². The van der Waals surface area contributed by atoms with Crippen LogP contribution < -0.4 is 0 Å². The van der Waals surface area contributed by atoms with E-state index in [0.29, 0.717) is 31.7 Å². The van der Waals surface area contributed by atoms with Crippen molar-refractivity contribution in [2.24, 2.45) is 5.92 Å². The molecule has 8 nitrogen and oxygen atoms in total. The van der Waals surface area contributed by atoms with Gasteiger partial charge in [0, 0.05) is 25.0 Å². The molecule has 0 atom stereocenters. The van der Waals surface area contributed by atoms with Gasteiger partial charge in [0.15, 0.2) is 0 Å². The summed E-state index contributed by atoms with van der Waals surface area (Å²) in [6.07, 6.45) is 2.55. The molecule has 1 fully saturated rings. The zero-order valence-electron chi connectivity index (χ0n) is 11.6. The van der Waals surface area contributed by atoms with E-state index in [9.17, 15) is 9.59 Å². The normalized spacial score (nSPS) is 16.3. The second kappa shape index (κ2) is 5.12. The van der Waals surface area contributed by atoms with Gasteiger partial charge in [-0.3, -0.25) is 9.59 Å². The lowest BCUT2D eigenvalue weighted by Gasteiger charge is -2.29. The number of carboxylic acid groups (broad SMARTS) is 1. The van der Waals surface area contributed by atoms with E-state index in [1.54, 1.807) is 17.2 Å². The number of aromatic nitrogens is 4. The van der Waals surface area contributed by atoms with Gasteiger partial charge in [0.25, 0.3) is 11.7 Å². The summed E-state index contributed by atoms with van der Waals surface area (Å²) in [4.78, 5) is 33.1. The Labute approximate surface area is 120 Å². The van der Waals surface area contributed by atoms with Gasteiger partial charge in [-0.05, 0) is 25.8 Å². The van der Waals surface area contributed by atoms with Crippen molar-refractivity contribution in [3.8, 4) is 0 Å². The van der Waals surface area contributed by atoms with Crippen LogP contribution in [0.1, 0.15) is 29.2 Å². The number of carbonyl (C=O) groups is 2. The van der Waals surface area contributed by atoms with E-state index in [0.717, 1.165) is 5.69 Å². The molecule has 0 aromatic carbocycles. The first-order chi connectivity index (χ1) is 10.1. The summed E-state index contributed by atoms with van der Waals surface area (Å²) >= 11 is 0. The summed E-state index contributed by atoms with van der Waals surface area (Å²) in [5.74, 6) is -0.951. The second-order valence-corrected chi connectivity index (χ2v) is 5.14. The zero-order valence-corrected chi connectivity index (χ0v) is 11.6. The van der Waals surface area contributed by atoms with Crippen molar-refractivity contribution in [2.75, 3.05) is 13.1 Å². The number of hydrogen-bond donors (Lipinski definition) is 1. The Hall–Kier alpha value is -2.51. The average molecular weight is 289 g/mol. The fourth-order valence-electron chi connectivity index (χ4n) is 2.47. The van der Waals surface area contributed by atoms with Crippen LogP contribution in [0.25, 0.3) is 5.78 Å². The molecule has 0 saturated carbocycles. The number of piperidine rings is 1. The van der Waals surface area contributed by atoms with Crippen LogP contribution in [0.15, 0.2) is 12.3 Å². The van der Waals surface area contributed by atoms with Gasteiger partial charge in [0.1, 0.15) is 0 Å². The maximum absolute atomic E-state index is 12.4. The number of rotatable bonds is 2. The third kappa shape index (κ3) is 2.44. The molecule has 1 amide bonds. The van der Waals surface area contributed by atoms with Gasteiger partial charge in [0.05, 0.1) is 5.92 Å². The van der Waals surface area contributed by atoms with E-state index < -0.39 is 5.97 Å². The van der Waals surface area contributed by atoms with E-state index in [2.05, 4.69) is 15.1 Å². The number of hydrogen-bond acceptors (Lipinski definition) is 5. The highest BCUT2D eigenvalue weighted by Gasteiger charge is 2.29. The van der Waals surface area contributed by atoms with Crippen LogP contribution in [0.2, 0.25) is 0 Å². The lowest BCUT2D eigenvalue weighted by Crippen LogP contribution is -2.40. The van der Waals surface area contributed by atoms with Gasteiger partial charge < -0.3 is 10.0 Å². The largest absolute Gasteiger partial charge is 0.481 e. The molecule has 1 aliphatic heterocycles. The number of fused-ring (bicyclic) bond motifs is 1. The Bertz CT molecular complexity index is 703. The number of amides is 1.